The molecule has 0 aliphatic carbocycles. The van der Waals surface area contributed by atoms with Gasteiger partial charge in [0.05, 0.1) is 11.6 Å². The van der Waals surface area contributed by atoms with Crippen LogP contribution < -0.4 is 14.4 Å². The zero-order chi connectivity index (χ0) is 24.7. The third-order valence-corrected chi connectivity index (χ3v) is 6.29. The van der Waals surface area contributed by atoms with Crippen LogP contribution >= 0.6 is 0 Å². The highest BCUT2D eigenvalue weighted by molar-refractivity contribution is 6.51. The maximum absolute atomic E-state index is 13.4. The van der Waals surface area contributed by atoms with E-state index in [9.17, 15) is 14.7 Å². The molecule has 7 heteroatoms. The van der Waals surface area contributed by atoms with E-state index in [1.54, 1.807) is 30.3 Å². The van der Waals surface area contributed by atoms with Crippen LogP contribution in [0, 0.1) is 0 Å². The van der Waals surface area contributed by atoms with Gasteiger partial charge in [-0.15, -0.1) is 0 Å². The van der Waals surface area contributed by atoms with Gasteiger partial charge in [0, 0.05) is 29.7 Å². The Kier molecular flexibility index (Phi) is 5.55. The largest absolute Gasteiger partial charge is 0.507 e. The fraction of sp³-hybridized carbons (Fsp3) is 0.250. The van der Waals surface area contributed by atoms with Crippen LogP contribution in [0.15, 0.2) is 72.6 Å². The average molecular weight is 471 g/mol. The summed E-state index contributed by atoms with van der Waals surface area (Å²) in [5.41, 5.74) is 2.69. The van der Waals surface area contributed by atoms with E-state index in [1.807, 2.05) is 24.3 Å². The first-order valence-corrected chi connectivity index (χ1v) is 11.5. The number of rotatable bonds is 3. The number of pyridine rings is 1. The molecule has 2 aromatic carbocycles. The second-order valence-electron chi connectivity index (χ2n) is 9.60. The molecular weight excluding hydrogens is 444 g/mol. The number of aliphatic hydroxyl groups is 1. The van der Waals surface area contributed by atoms with Gasteiger partial charge >= 0.3 is 0 Å². The molecule has 3 heterocycles. The van der Waals surface area contributed by atoms with Crippen LogP contribution in [0.3, 0.4) is 0 Å². The molecule has 1 atom stereocenters. The average Bonchev–Trinajstić information content (AvgIpc) is 3.13. The Morgan fingerprint density at radius 3 is 2.26 bits per heavy atom. The number of ether oxygens (including phenoxy) is 2. The van der Waals surface area contributed by atoms with E-state index in [0.29, 0.717) is 41.5 Å². The number of aromatic nitrogens is 1. The van der Waals surface area contributed by atoms with Gasteiger partial charge in [0.1, 0.15) is 19.0 Å². The Bertz CT molecular complexity index is 1320. The molecule has 1 amide bonds. The molecule has 2 aliphatic heterocycles. The highest BCUT2D eigenvalue weighted by Gasteiger charge is 2.47. The quantitative estimate of drug-likeness (QED) is 0.337. The van der Waals surface area contributed by atoms with Crippen molar-refractivity contribution in [2.45, 2.75) is 32.2 Å². The minimum absolute atomic E-state index is 0.0274. The van der Waals surface area contributed by atoms with Crippen molar-refractivity contribution in [1.82, 2.24) is 4.98 Å². The van der Waals surface area contributed by atoms with Crippen molar-refractivity contribution < 1.29 is 24.2 Å². The fourth-order valence-corrected chi connectivity index (χ4v) is 4.43. The van der Waals surface area contributed by atoms with E-state index in [0.717, 1.165) is 5.56 Å². The van der Waals surface area contributed by atoms with Gasteiger partial charge in [0.2, 0.25) is 0 Å². The van der Waals surface area contributed by atoms with E-state index >= 15 is 0 Å². The third-order valence-electron chi connectivity index (χ3n) is 6.29. The van der Waals surface area contributed by atoms with Crippen molar-refractivity contribution in [3.8, 4) is 11.5 Å². The molecule has 1 aromatic heterocycles. The summed E-state index contributed by atoms with van der Waals surface area (Å²) in [5, 5.41) is 11.2. The van der Waals surface area contributed by atoms with Gasteiger partial charge < -0.3 is 14.6 Å². The number of amides is 1. The second kappa shape index (κ2) is 8.58. The van der Waals surface area contributed by atoms with Crippen LogP contribution in [0.2, 0.25) is 0 Å². The zero-order valence-electron chi connectivity index (χ0n) is 19.8. The summed E-state index contributed by atoms with van der Waals surface area (Å²) < 4.78 is 11.3. The summed E-state index contributed by atoms with van der Waals surface area (Å²) in [6.07, 6.45) is 3.05. The van der Waals surface area contributed by atoms with E-state index < -0.39 is 17.7 Å². The number of carbonyl (C=O) groups is 2. The fourth-order valence-electron chi connectivity index (χ4n) is 4.43. The molecule has 7 nitrogen and oxygen atoms in total. The molecule has 1 N–H and O–H groups in total. The highest BCUT2D eigenvalue weighted by atomic mass is 16.6. The maximum Gasteiger partial charge on any atom is 0.300 e. The van der Waals surface area contributed by atoms with Crippen molar-refractivity contribution >= 4 is 23.1 Å². The Morgan fingerprint density at radius 2 is 1.60 bits per heavy atom. The summed E-state index contributed by atoms with van der Waals surface area (Å²) in [7, 11) is 0. The first kappa shape index (κ1) is 22.7. The molecular formula is C28H26N2O5. The lowest BCUT2D eigenvalue weighted by molar-refractivity contribution is -0.132. The number of benzene rings is 2. The predicted molar refractivity (Wildman–Crippen MR) is 132 cm³/mol. The Balaban J connectivity index is 1.68. The van der Waals surface area contributed by atoms with Gasteiger partial charge in [0.25, 0.3) is 11.7 Å². The number of Topliss-reactive ketones (excluding diaryl/α,β-unsaturated/α-hetero) is 1. The minimum atomic E-state index is -0.820. The van der Waals surface area contributed by atoms with Crippen molar-refractivity contribution in [3.05, 3.63) is 89.3 Å². The Labute approximate surface area is 203 Å². The highest BCUT2D eigenvalue weighted by Crippen LogP contribution is 2.44. The van der Waals surface area contributed by atoms with Gasteiger partial charge in [-0.3, -0.25) is 19.5 Å². The summed E-state index contributed by atoms with van der Waals surface area (Å²) >= 11 is 0. The monoisotopic (exact) mass is 470 g/mol. The van der Waals surface area contributed by atoms with Gasteiger partial charge in [-0.2, -0.15) is 0 Å². The molecule has 178 valence electrons. The molecule has 3 aromatic rings. The number of anilines is 1. The van der Waals surface area contributed by atoms with Gasteiger partial charge in [-0.05, 0) is 40.8 Å². The molecule has 0 saturated carbocycles. The second-order valence-corrected chi connectivity index (χ2v) is 9.60. The molecule has 0 spiro atoms. The van der Waals surface area contributed by atoms with Crippen LogP contribution in [0.4, 0.5) is 5.69 Å². The van der Waals surface area contributed by atoms with E-state index in [-0.39, 0.29) is 16.7 Å². The maximum atomic E-state index is 13.4. The summed E-state index contributed by atoms with van der Waals surface area (Å²) in [6, 6.07) is 15.3. The van der Waals surface area contributed by atoms with Crippen LogP contribution in [0.1, 0.15) is 43.5 Å². The van der Waals surface area contributed by atoms with Crippen molar-refractivity contribution in [1.29, 1.82) is 0 Å². The number of carbonyl (C=O) groups excluding carboxylic acids is 2. The molecule has 5 rings (SSSR count). The first-order chi connectivity index (χ1) is 16.8. The minimum Gasteiger partial charge on any atom is -0.507 e. The number of fused-ring (bicyclic) bond motifs is 1. The number of hydrogen-bond acceptors (Lipinski definition) is 6. The molecule has 1 unspecified atom stereocenters. The van der Waals surface area contributed by atoms with Crippen LogP contribution in [-0.4, -0.2) is 35.0 Å². The van der Waals surface area contributed by atoms with Gasteiger partial charge in [-0.1, -0.05) is 45.0 Å². The normalized spacial score (nSPS) is 19.2. The number of hydrogen-bond donors (Lipinski definition) is 1. The molecule has 0 bridgehead atoms. The van der Waals surface area contributed by atoms with Crippen molar-refractivity contribution in [3.63, 3.8) is 0 Å². The number of ketones is 1. The smallest absolute Gasteiger partial charge is 0.300 e. The molecule has 1 fully saturated rings. The van der Waals surface area contributed by atoms with Crippen LogP contribution in [-0.2, 0) is 15.0 Å². The third kappa shape index (κ3) is 4.03. The van der Waals surface area contributed by atoms with Gasteiger partial charge in [-0.25, -0.2) is 0 Å². The predicted octanol–water partition coefficient (Wildman–Crippen LogP) is 4.78. The summed E-state index contributed by atoms with van der Waals surface area (Å²) in [4.78, 5) is 32.1. The van der Waals surface area contributed by atoms with Crippen LogP contribution in [0.25, 0.3) is 5.76 Å². The lowest BCUT2D eigenvalue weighted by Crippen LogP contribution is -2.29. The number of aliphatic hydroxyl groups excluding tert-OH is 1. The van der Waals surface area contributed by atoms with Crippen LogP contribution in [0.5, 0.6) is 11.5 Å². The number of nitrogens with zero attached hydrogens (tertiary/aromatic N) is 2. The molecule has 2 aliphatic rings. The van der Waals surface area contributed by atoms with Gasteiger partial charge in [0.15, 0.2) is 11.5 Å². The first-order valence-electron chi connectivity index (χ1n) is 11.5. The zero-order valence-corrected chi connectivity index (χ0v) is 19.8. The van der Waals surface area contributed by atoms with E-state index in [2.05, 4.69) is 25.8 Å². The molecule has 35 heavy (non-hydrogen) atoms. The topological polar surface area (TPSA) is 89.0 Å². The standard InChI is InChI=1S/C28H26N2O5/c1-28(2,3)19-6-4-17(5-7-19)24-23(25(31)18-10-12-29-13-11-18)26(32)27(33)30(24)20-8-9-21-22(16-20)35-15-14-34-21/h4-13,16,24,31H,14-15H2,1-3H3/b25-23+. The van der Waals surface area contributed by atoms with Crippen molar-refractivity contribution in [2.75, 3.05) is 18.1 Å². The SMILES string of the molecule is CC(C)(C)c1ccc(C2/C(=C(\O)c3ccncc3)C(=O)C(=O)N2c2ccc3c(c2)OCCO3)cc1. The van der Waals surface area contributed by atoms with E-state index in [4.69, 9.17) is 9.47 Å². The lowest BCUT2D eigenvalue weighted by Gasteiger charge is -2.28. The van der Waals surface area contributed by atoms with E-state index in [1.165, 1.54) is 17.3 Å². The molecule has 0 radical (unpaired) electrons. The summed E-state index contributed by atoms with van der Waals surface area (Å²) in [6.45, 7) is 7.20. The van der Waals surface area contributed by atoms with Crippen molar-refractivity contribution in [2.24, 2.45) is 0 Å². The Hall–Kier alpha value is -4.13. The summed E-state index contributed by atoms with van der Waals surface area (Å²) in [5.74, 6) is -0.622. The Morgan fingerprint density at radius 1 is 0.943 bits per heavy atom. The lowest BCUT2D eigenvalue weighted by atomic mass is 9.85. The molecule has 1 saturated heterocycles.